The number of pyridine rings is 1. The number of fused-ring (bicyclic) bond motifs is 1. The van der Waals surface area contributed by atoms with Crippen molar-refractivity contribution in [2.45, 2.75) is 38.5 Å². The van der Waals surface area contributed by atoms with Gasteiger partial charge < -0.3 is 4.74 Å². The lowest BCUT2D eigenvalue weighted by molar-refractivity contribution is 0.0977. The predicted octanol–water partition coefficient (Wildman–Crippen LogP) is 3.87. The third kappa shape index (κ3) is 4.77. The number of carbonyl (C=O) groups excluding carboxylic acids is 1. The molecular weight excluding hydrogens is 445 g/mol. The number of carbonyl (C=O) groups is 1. The Balaban J connectivity index is 1.50. The smallest absolute Gasteiger partial charge is 0.327 e. The summed E-state index contributed by atoms with van der Waals surface area (Å²) in [4.78, 5) is 16.7. The first-order valence-electron chi connectivity index (χ1n) is 10.3. The summed E-state index contributed by atoms with van der Waals surface area (Å²) in [5, 5.41) is 0.0481. The summed E-state index contributed by atoms with van der Waals surface area (Å²) in [5.41, 5.74) is 0.296. The number of hydrogen-bond donors (Lipinski definition) is 1. The highest BCUT2D eigenvalue weighted by atomic mass is 35.5. The Bertz CT molecular complexity index is 1090. The zero-order valence-electron chi connectivity index (χ0n) is 16.8. The maximum atomic E-state index is 14.6. The summed E-state index contributed by atoms with van der Waals surface area (Å²) < 4.78 is 48.8. The van der Waals surface area contributed by atoms with Crippen LogP contribution < -0.4 is 13.8 Å². The van der Waals surface area contributed by atoms with Crippen LogP contribution in [0.2, 0.25) is 5.02 Å². The number of hydrogen-bond acceptors (Lipinski definition) is 5. The van der Waals surface area contributed by atoms with Gasteiger partial charge in [0.1, 0.15) is 17.4 Å². The zero-order chi connectivity index (χ0) is 22.0. The van der Waals surface area contributed by atoms with Gasteiger partial charge in [-0.3, -0.25) is 4.79 Å². The van der Waals surface area contributed by atoms with Crippen molar-refractivity contribution in [2.24, 2.45) is 5.92 Å². The van der Waals surface area contributed by atoms with Crippen LogP contribution >= 0.6 is 11.6 Å². The molecule has 0 radical (unpaired) electrons. The number of aryl methyl sites for hydroxylation is 1. The molecule has 1 aliphatic carbocycles. The van der Waals surface area contributed by atoms with Crippen LogP contribution in [0.25, 0.3) is 0 Å². The summed E-state index contributed by atoms with van der Waals surface area (Å²) in [6, 6.07) is 5.63. The molecule has 1 saturated carbocycles. The molecule has 2 heterocycles. The number of aromatic nitrogens is 1. The second kappa shape index (κ2) is 9.00. The Morgan fingerprint density at radius 1 is 1.29 bits per heavy atom. The molecule has 1 aromatic heterocycles. The first-order chi connectivity index (χ1) is 14.8. The highest BCUT2D eigenvalue weighted by Crippen LogP contribution is 2.31. The van der Waals surface area contributed by atoms with Gasteiger partial charge in [0.05, 0.1) is 17.2 Å². The van der Waals surface area contributed by atoms with Crippen LogP contribution in [0.4, 0.5) is 10.2 Å². The molecular formula is C21H23ClFN3O4S. The van der Waals surface area contributed by atoms with Crippen LogP contribution in [-0.4, -0.2) is 32.5 Å². The van der Waals surface area contributed by atoms with Crippen molar-refractivity contribution in [3.8, 4) is 5.75 Å². The molecule has 1 aromatic carbocycles. The predicted molar refractivity (Wildman–Crippen MR) is 115 cm³/mol. The maximum Gasteiger partial charge on any atom is 0.327 e. The molecule has 4 rings (SSSR count). The molecule has 166 valence electrons. The van der Waals surface area contributed by atoms with Crippen molar-refractivity contribution in [3.05, 3.63) is 52.4 Å². The number of halogens is 2. The molecule has 2 aromatic rings. The molecule has 2 aliphatic rings. The molecule has 0 atom stereocenters. The first-order valence-corrected chi connectivity index (χ1v) is 12.1. The SMILES string of the molecule is O=C(NS(=O)(=O)N1CCCc2cccnc21)c1cc(Cl)c(OCC2CCCC2)cc1F. The maximum absolute atomic E-state index is 14.6. The van der Waals surface area contributed by atoms with E-state index in [4.69, 9.17) is 16.3 Å². The van der Waals surface area contributed by atoms with E-state index < -0.39 is 27.5 Å². The van der Waals surface area contributed by atoms with Crippen molar-refractivity contribution in [2.75, 3.05) is 17.5 Å². The zero-order valence-corrected chi connectivity index (χ0v) is 18.4. The third-order valence-electron chi connectivity index (χ3n) is 5.64. The molecule has 1 aliphatic heterocycles. The Morgan fingerprint density at radius 2 is 2.06 bits per heavy atom. The lowest BCUT2D eigenvalue weighted by atomic mass is 10.1. The van der Waals surface area contributed by atoms with Gasteiger partial charge in [0.15, 0.2) is 0 Å². The van der Waals surface area contributed by atoms with Crippen molar-refractivity contribution < 1.29 is 22.3 Å². The van der Waals surface area contributed by atoms with E-state index in [0.29, 0.717) is 25.4 Å². The van der Waals surface area contributed by atoms with Gasteiger partial charge in [0, 0.05) is 18.8 Å². The van der Waals surface area contributed by atoms with E-state index in [9.17, 15) is 17.6 Å². The average Bonchev–Trinajstić information content (AvgIpc) is 3.27. The number of amides is 1. The minimum atomic E-state index is -4.27. The number of nitrogens with zero attached hydrogens (tertiary/aromatic N) is 2. The fourth-order valence-electron chi connectivity index (χ4n) is 4.03. The first kappa shape index (κ1) is 21.8. The van der Waals surface area contributed by atoms with Gasteiger partial charge >= 0.3 is 10.2 Å². The summed E-state index contributed by atoms with van der Waals surface area (Å²) >= 11 is 6.18. The molecule has 0 bridgehead atoms. The second-order valence-electron chi connectivity index (χ2n) is 7.82. The van der Waals surface area contributed by atoms with Gasteiger partial charge in [-0.2, -0.15) is 8.42 Å². The fourth-order valence-corrected chi connectivity index (χ4v) is 5.46. The molecule has 10 heteroatoms. The van der Waals surface area contributed by atoms with E-state index in [0.717, 1.165) is 47.7 Å². The molecule has 1 fully saturated rings. The van der Waals surface area contributed by atoms with Gasteiger partial charge in [-0.1, -0.05) is 30.5 Å². The van der Waals surface area contributed by atoms with Gasteiger partial charge in [-0.05, 0) is 49.3 Å². The topological polar surface area (TPSA) is 88.6 Å². The molecule has 1 amide bonds. The van der Waals surface area contributed by atoms with Crippen molar-refractivity contribution in [3.63, 3.8) is 0 Å². The Morgan fingerprint density at radius 3 is 2.84 bits per heavy atom. The fraction of sp³-hybridized carbons (Fsp3) is 0.429. The molecule has 7 nitrogen and oxygen atoms in total. The minimum absolute atomic E-state index is 0.0481. The molecule has 0 spiro atoms. The monoisotopic (exact) mass is 467 g/mol. The van der Waals surface area contributed by atoms with Crippen LogP contribution in [0.1, 0.15) is 48.0 Å². The number of anilines is 1. The van der Waals surface area contributed by atoms with Crippen molar-refractivity contribution >= 4 is 33.5 Å². The van der Waals surface area contributed by atoms with E-state index in [-0.39, 0.29) is 23.1 Å². The number of benzene rings is 1. The Labute approximate surface area is 185 Å². The minimum Gasteiger partial charge on any atom is -0.492 e. The van der Waals surface area contributed by atoms with E-state index in [1.165, 1.54) is 6.20 Å². The van der Waals surface area contributed by atoms with E-state index in [2.05, 4.69) is 4.98 Å². The summed E-state index contributed by atoms with van der Waals surface area (Å²) in [6.07, 6.45) is 7.19. The largest absolute Gasteiger partial charge is 0.492 e. The molecule has 0 saturated heterocycles. The summed E-state index contributed by atoms with van der Waals surface area (Å²) in [6.45, 7) is 0.601. The van der Waals surface area contributed by atoms with E-state index >= 15 is 0 Å². The van der Waals surface area contributed by atoms with Gasteiger partial charge in [-0.15, -0.1) is 0 Å². The standard InChI is InChI=1S/C21H23ClFN3O4S/c22-17-11-16(18(23)12-19(17)30-13-14-5-1-2-6-14)21(27)25-31(28,29)26-10-4-8-15-7-3-9-24-20(15)26/h3,7,9,11-12,14H,1-2,4-6,8,10,13H2,(H,25,27). The normalized spacial score (nSPS) is 16.8. The molecule has 31 heavy (non-hydrogen) atoms. The quantitative estimate of drug-likeness (QED) is 0.696. The van der Waals surface area contributed by atoms with E-state index in [1.807, 2.05) is 4.72 Å². The lowest BCUT2D eigenvalue weighted by Crippen LogP contribution is -2.46. The number of rotatable bonds is 6. The second-order valence-corrected chi connectivity index (χ2v) is 9.82. The lowest BCUT2D eigenvalue weighted by Gasteiger charge is -2.28. The average molecular weight is 468 g/mol. The van der Waals surface area contributed by atoms with Crippen LogP contribution in [0.15, 0.2) is 30.5 Å². The van der Waals surface area contributed by atoms with Gasteiger partial charge in [0.25, 0.3) is 5.91 Å². The number of nitrogens with one attached hydrogen (secondary N) is 1. The Kier molecular flexibility index (Phi) is 6.34. The van der Waals surface area contributed by atoms with E-state index in [1.54, 1.807) is 12.1 Å². The van der Waals surface area contributed by atoms with Gasteiger partial charge in [0.2, 0.25) is 0 Å². The summed E-state index contributed by atoms with van der Waals surface area (Å²) in [7, 11) is -4.27. The highest BCUT2D eigenvalue weighted by molar-refractivity contribution is 7.91. The molecule has 1 N–H and O–H groups in total. The van der Waals surface area contributed by atoms with Crippen LogP contribution in [0, 0.1) is 11.7 Å². The third-order valence-corrected chi connectivity index (χ3v) is 7.31. The number of ether oxygens (including phenoxy) is 1. The summed E-state index contributed by atoms with van der Waals surface area (Å²) in [5.74, 6) is -1.20. The highest BCUT2D eigenvalue weighted by Gasteiger charge is 2.31. The van der Waals surface area contributed by atoms with Crippen molar-refractivity contribution in [1.29, 1.82) is 0 Å². The van der Waals surface area contributed by atoms with Gasteiger partial charge in [-0.25, -0.2) is 18.4 Å². The van der Waals surface area contributed by atoms with Crippen LogP contribution in [-0.2, 0) is 16.6 Å². The van der Waals surface area contributed by atoms with Crippen LogP contribution in [0.3, 0.4) is 0 Å². The van der Waals surface area contributed by atoms with Crippen molar-refractivity contribution in [1.82, 2.24) is 9.71 Å². The molecule has 0 unspecified atom stereocenters. The Hall–Kier alpha value is -2.39. The van der Waals surface area contributed by atoms with Crippen LogP contribution in [0.5, 0.6) is 5.75 Å².